The minimum Gasteiger partial charge on any atom is -0.367 e. The maximum atomic E-state index is 13.5. The van der Waals surface area contributed by atoms with Crippen molar-refractivity contribution in [2.45, 2.75) is 51.4 Å². The van der Waals surface area contributed by atoms with Gasteiger partial charge in [0.1, 0.15) is 6.54 Å². The quantitative estimate of drug-likeness (QED) is 0.538. The molecule has 2 aromatic carbocycles. The fourth-order valence-electron chi connectivity index (χ4n) is 5.71. The summed E-state index contributed by atoms with van der Waals surface area (Å²) in [4.78, 5) is 31.5. The van der Waals surface area contributed by atoms with E-state index in [2.05, 4.69) is 4.90 Å². The topological polar surface area (TPSA) is 43.9 Å². The van der Waals surface area contributed by atoms with Gasteiger partial charge in [0.15, 0.2) is 0 Å². The lowest BCUT2D eigenvalue weighted by Crippen LogP contribution is -2.58. The molecule has 190 valence electrons. The van der Waals surface area contributed by atoms with Gasteiger partial charge in [0, 0.05) is 43.0 Å². The van der Waals surface area contributed by atoms with Crippen LogP contribution in [0.1, 0.15) is 59.7 Å². The number of nitrogens with zero attached hydrogens (tertiary/aromatic N) is 3. The highest BCUT2D eigenvalue weighted by Gasteiger charge is 2.45. The molecule has 1 unspecified atom stereocenters. The van der Waals surface area contributed by atoms with Crippen molar-refractivity contribution in [1.82, 2.24) is 14.7 Å². The summed E-state index contributed by atoms with van der Waals surface area (Å²) in [6.07, 6.45) is -3.23. The molecule has 0 N–H and O–H groups in total. The molecule has 8 heteroatoms. The minimum atomic E-state index is -4.45. The number of halogens is 3. The number of carbonyl (C=O) groups is 2. The van der Waals surface area contributed by atoms with E-state index in [1.165, 1.54) is 0 Å². The second-order valence-electron chi connectivity index (χ2n) is 9.93. The highest BCUT2D eigenvalue weighted by molar-refractivity contribution is 5.99. The number of fused-ring (bicyclic) bond motifs is 2. The lowest BCUT2D eigenvalue weighted by atomic mass is 9.95. The number of likely N-dealkylation sites (tertiary alicyclic amines) is 1. The van der Waals surface area contributed by atoms with E-state index in [0.717, 1.165) is 38.4 Å². The SMILES string of the molecule is CCCCN(CC(F)(F)F)C(=O)C1C(C)=C(N2CC(N3Cc4ccccc4C3=O)C2)c2ccccc21. The van der Waals surface area contributed by atoms with Crippen molar-refractivity contribution in [2.24, 2.45) is 0 Å². The predicted octanol–water partition coefficient (Wildman–Crippen LogP) is 5.05. The zero-order chi connectivity index (χ0) is 25.6. The third kappa shape index (κ3) is 4.27. The number of carbonyl (C=O) groups excluding carboxylic acids is 2. The Balaban J connectivity index is 1.38. The summed E-state index contributed by atoms with van der Waals surface area (Å²) in [5, 5.41) is 0. The lowest BCUT2D eigenvalue weighted by molar-refractivity contribution is -0.161. The Hall–Kier alpha value is -3.29. The third-order valence-corrected chi connectivity index (χ3v) is 7.51. The van der Waals surface area contributed by atoms with Crippen LogP contribution >= 0.6 is 0 Å². The van der Waals surface area contributed by atoms with Crippen LogP contribution in [0.4, 0.5) is 13.2 Å². The summed E-state index contributed by atoms with van der Waals surface area (Å²) in [7, 11) is 0. The van der Waals surface area contributed by atoms with Crippen molar-refractivity contribution in [3.63, 3.8) is 0 Å². The molecule has 0 aromatic heterocycles. The maximum absolute atomic E-state index is 13.5. The van der Waals surface area contributed by atoms with Crippen molar-refractivity contribution in [2.75, 3.05) is 26.2 Å². The van der Waals surface area contributed by atoms with Gasteiger partial charge in [-0.2, -0.15) is 13.2 Å². The van der Waals surface area contributed by atoms with Crippen molar-refractivity contribution < 1.29 is 22.8 Å². The first kappa shape index (κ1) is 24.4. The van der Waals surface area contributed by atoms with E-state index in [0.29, 0.717) is 32.5 Å². The molecule has 1 saturated heterocycles. The lowest BCUT2D eigenvalue weighted by Gasteiger charge is -2.46. The molecule has 1 aliphatic carbocycles. The van der Waals surface area contributed by atoms with Crippen molar-refractivity contribution in [1.29, 1.82) is 0 Å². The van der Waals surface area contributed by atoms with Gasteiger partial charge in [0.2, 0.25) is 5.91 Å². The number of hydrogen-bond donors (Lipinski definition) is 0. The highest BCUT2D eigenvalue weighted by atomic mass is 19.4. The van der Waals surface area contributed by atoms with Gasteiger partial charge in [-0.25, -0.2) is 0 Å². The number of amides is 2. The summed E-state index contributed by atoms with van der Waals surface area (Å²) >= 11 is 0. The number of rotatable bonds is 7. The Kier molecular flexibility index (Phi) is 6.30. The van der Waals surface area contributed by atoms with Crippen LogP contribution < -0.4 is 0 Å². The van der Waals surface area contributed by atoms with Crippen LogP contribution in [0.5, 0.6) is 0 Å². The standard InChI is InChI=1S/C28H30F3N3O2/c1-3-4-13-32(17-28(29,30)31)27(36)24-18(2)25(23-12-8-7-11-22(23)24)33-15-20(16-33)34-14-19-9-5-6-10-21(19)26(34)35/h5-12,20,24H,3-4,13-17H2,1-2H3. The molecule has 5 rings (SSSR count). The fraction of sp³-hybridized carbons (Fsp3) is 0.429. The molecule has 5 nitrogen and oxygen atoms in total. The zero-order valence-electron chi connectivity index (χ0n) is 20.5. The van der Waals surface area contributed by atoms with E-state index < -0.39 is 24.5 Å². The summed E-state index contributed by atoms with van der Waals surface area (Å²) in [6.45, 7) is 4.44. The average Bonchev–Trinajstić information content (AvgIpc) is 3.29. The van der Waals surface area contributed by atoms with Gasteiger partial charge in [-0.05, 0) is 36.1 Å². The Bertz CT molecular complexity index is 1220. The Labute approximate surface area is 209 Å². The van der Waals surface area contributed by atoms with E-state index in [1.54, 1.807) is 0 Å². The van der Waals surface area contributed by atoms with Gasteiger partial charge < -0.3 is 14.7 Å². The van der Waals surface area contributed by atoms with E-state index >= 15 is 0 Å². The summed E-state index contributed by atoms with van der Waals surface area (Å²) in [5.74, 6) is -1.19. The monoisotopic (exact) mass is 497 g/mol. The van der Waals surface area contributed by atoms with Gasteiger partial charge in [-0.3, -0.25) is 9.59 Å². The first-order chi connectivity index (χ1) is 17.2. The summed E-state index contributed by atoms with van der Waals surface area (Å²) < 4.78 is 40.0. The molecule has 36 heavy (non-hydrogen) atoms. The normalized spacial score (nSPS) is 19.5. The van der Waals surface area contributed by atoms with E-state index in [1.807, 2.05) is 67.3 Å². The number of unbranched alkanes of at least 4 members (excludes halogenated alkanes) is 1. The van der Waals surface area contributed by atoms with Crippen LogP contribution in [0.25, 0.3) is 5.70 Å². The molecule has 2 aromatic rings. The van der Waals surface area contributed by atoms with Crippen LogP contribution in [0.3, 0.4) is 0 Å². The number of hydrogen-bond acceptors (Lipinski definition) is 3. The van der Waals surface area contributed by atoms with E-state index in [9.17, 15) is 22.8 Å². The second kappa shape index (κ2) is 9.30. The largest absolute Gasteiger partial charge is 0.406 e. The molecule has 2 heterocycles. The molecule has 0 saturated carbocycles. The van der Waals surface area contributed by atoms with Gasteiger partial charge in [0.25, 0.3) is 5.91 Å². The van der Waals surface area contributed by atoms with Crippen LogP contribution in [0, 0.1) is 0 Å². The highest BCUT2D eigenvalue weighted by Crippen LogP contribution is 2.46. The van der Waals surface area contributed by atoms with Crippen molar-refractivity contribution in [3.8, 4) is 0 Å². The van der Waals surface area contributed by atoms with Crippen molar-refractivity contribution >= 4 is 17.5 Å². The molecule has 0 spiro atoms. The number of benzene rings is 2. The molecule has 1 fully saturated rings. The van der Waals surface area contributed by atoms with E-state index in [4.69, 9.17) is 0 Å². The van der Waals surface area contributed by atoms with Crippen LogP contribution in [-0.2, 0) is 11.3 Å². The molecule has 2 amide bonds. The Morgan fingerprint density at radius 3 is 2.39 bits per heavy atom. The predicted molar refractivity (Wildman–Crippen MR) is 131 cm³/mol. The second-order valence-corrected chi connectivity index (χ2v) is 9.93. The smallest absolute Gasteiger partial charge is 0.367 e. The molecule has 1 atom stereocenters. The van der Waals surface area contributed by atoms with E-state index in [-0.39, 0.29) is 18.5 Å². The maximum Gasteiger partial charge on any atom is 0.406 e. The summed E-state index contributed by atoms with van der Waals surface area (Å²) in [5.41, 5.74) is 5.12. The fourth-order valence-corrected chi connectivity index (χ4v) is 5.71. The van der Waals surface area contributed by atoms with Crippen molar-refractivity contribution in [3.05, 3.63) is 76.4 Å². The Morgan fingerprint density at radius 2 is 1.72 bits per heavy atom. The number of alkyl halides is 3. The van der Waals surface area contributed by atoms with Gasteiger partial charge >= 0.3 is 6.18 Å². The van der Waals surface area contributed by atoms with Gasteiger partial charge in [-0.15, -0.1) is 0 Å². The van der Waals surface area contributed by atoms with Gasteiger partial charge in [-0.1, -0.05) is 55.8 Å². The molecule has 0 bridgehead atoms. The Morgan fingerprint density at radius 1 is 1.06 bits per heavy atom. The minimum absolute atomic E-state index is 0.0412. The zero-order valence-corrected chi connectivity index (χ0v) is 20.5. The van der Waals surface area contributed by atoms with Crippen LogP contribution in [-0.4, -0.2) is 64.9 Å². The molecular formula is C28H30F3N3O2. The van der Waals surface area contributed by atoms with Gasteiger partial charge in [0.05, 0.1) is 12.0 Å². The van der Waals surface area contributed by atoms with Crippen LogP contribution in [0.15, 0.2) is 54.1 Å². The molecule has 2 aliphatic heterocycles. The first-order valence-corrected chi connectivity index (χ1v) is 12.5. The molecular weight excluding hydrogens is 467 g/mol. The third-order valence-electron chi connectivity index (χ3n) is 7.51. The summed E-state index contributed by atoms with van der Waals surface area (Å²) in [6, 6.07) is 15.2. The van der Waals surface area contributed by atoms with Crippen LogP contribution in [0.2, 0.25) is 0 Å². The average molecular weight is 498 g/mol. The first-order valence-electron chi connectivity index (χ1n) is 12.5. The molecule has 3 aliphatic rings. The molecule has 0 radical (unpaired) electrons.